The first kappa shape index (κ1) is 12.2. The van der Waals surface area contributed by atoms with Gasteiger partial charge in [0, 0.05) is 19.3 Å². The van der Waals surface area contributed by atoms with Crippen LogP contribution in [0.4, 0.5) is 11.5 Å². The zero-order valence-electron chi connectivity index (χ0n) is 9.37. The van der Waals surface area contributed by atoms with Crippen molar-refractivity contribution >= 4 is 23.1 Å². The lowest BCUT2D eigenvalue weighted by molar-refractivity contribution is -0.384. The summed E-state index contributed by atoms with van der Waals surface area (Å²) >= 11 is 5.66. The molecule has 0 aliphatic carbocycles. The largest absolute Gasteiger partial charge is 0.357 e. The average Bonchev–Trinajstić information content (AvgIpc) is 2.73. The minimum absolute atomic E-state index is 0.146. The van der Waals surface area contributed by atoms with Crippen LogP contribution >= 0.6 is 11.6 Å². The normalized spacial score (nSPS) is 10.3. The minimum atomic E-state index is -0.544. The van der Waals surface area contributed by atoms with E-state index in [-0.39, 0.29) is 23.1 Å². The molecule has 0 bridgehead atoms. The maximum absolute atomic E-state index is 10.8. The number of hydrogen-bond acceptors (Lipinski definition) is 6. The molecule has 0 saturated carbocycles. The molecule has 9 heteroatoms. The highest BCUT2D eigenvalue weighted by atomic mass is 35.5. The molecular weight excluding hydrogens is 260 g/mol. The van der Waals surface area contributed by atoms with Crippen LogP contribution in [0.2, 0.25) is 5.02 Å². The topological polar surface area (TPSA) is 98.8 Å². The van der Waals surface area contributed by atoms with Crippen LogP contribution in [0, 0.1) is 10.1 Å². The third-order valence-electron chi connectivity index (χ3n) is 2.25. The van der Waals surface area contributed by atoms with Crippen LogP contribution in [0.1, 0.15) is 5.82 Å². The molecule has 0 amide bonds. The molecule has 2 aromatic rings. The van der Waals surface area contributed by atoms with Gasteiger partial charge in [-0.15, -0.1) is 10.2 Å². The van der Waals surface area contributed by atoms with Crippen molar-refractivity contribution in [1.82, 2.24) is 19.7 Å². The Morgan fingerprint density at radius 3 is 3.00 bits per heavy atom. The van der Waals surface area contributed by atoms with Crippen LogP contribution in [-0.2, 0) is 13.6 Å². The number of nitrogens with zero attached hydrogens (tertiary/aromatic N) is 5. The molecule has 94 valence electrons. The summed E-state index contributed by atoms with van der Waals surface area (Å²) in [5, 5.41) is 21.4. The van der Waals surface area contributed by atoms with Crippen LogP contribution in [0.5, 0.6) is 0 Å². The number of nitro groups is 1. The third kappa shape index (κ3) is 2.54. The van der Waals surface area contributed by atoms with Gasteiger partial charge in [0.25, 0.3) is 0 Å². The zero-order chi connectivity index (χ0) is 13.1. The van der Waals surface area contributed by atoms with Crippen molar-refractivity contribution in [1.29, 1.82) is 0 Å². The Balaban J connectivity index is 2.19. The van der Waals surface area contributed by atoms with E-state index in [2.05, 4.69) is 20.5 Å². The predicted octanol–water partition coefficient (Wildman–Crippen LogP) is 1.38. The average molecular weight is 269 g/mol. The molecule has 2 heterocycles. The first-order chi connectivity index (χ1) is 8.58. The van der Waals surface area contributed by atoms with Crippen LogP contribution < -0.4 is 5.32 Å². The summed E-state index contributed by atoms with van der Waals surface area (Å²) in [6.45, 7) is 0.284. The van der Waals surface area contributed by atoms with Crippen molar-refractivity contribution in [3.8, 4) is 0 Å². The summed E-state index contributed by atoms with van der Waals surface area (Å²) in [6, 6.07) is 1.24. The number of rotatable bonds is 4. The van der Waals surface area contributed by atoms with E-state index in [1.165, 1.54) is 12.3 Å². The highest BCUT2D eigenvalue weighted by Crippen LogP contribution is 2.25. The van der Waals surface area contributed by atoms with E-state index < -0.39 is 4.92 Å². The fourth-order valence-electron chi connectivity index (χ4n) is 1.33. The Kier molecular flexibility index (Phi) is 3.38. The van der Waals surface area contributed by atoms with Crippen LogP contribution in [0.15, 0.2) is 18.6 Å². The van der Waals surface area contributed by atoms with E-state index in [0.717, 1.165) is 0 Å². The standard InChI is InChI=1S/C9H9ClN6O2/c1-15-5-13-14-8(15)4-12-9-7(16(17)18)2-6(10)3-11-9/h2-3,5H,4H2,1H3,(H,11,12). The quantitative estimate of drug-likeness (QED) is 0.664. The van der Waals surface area contributed by atoms with Gasteiger partial charge < -0.3 is 9.88 Å². The smallest absolute Gasteiger partial charge is 0.312 e. The Labute approximate surface area is 107 Å². The Morgan fingerprint density at radius 2 is 2.39 bits per heavy atom. The van der Waals surface area contributed by atoms with E-state index in [1.54, 1.807) is 17.9 Å². The maximum atomic E-state index is 10.8. The molecule has 0 saturated heterocycles. The fourth-order valence-corrected chi connectivity index (χ4v) is 1.49. The summed E-state index contributed by atoms with van der Waals surface area (Å²) in [7, 11) is 1.78. The number of hydrogen-bond donors (Lipinski definition) is 1. The third-order valence-corrected chi connectivity index (χ3v) is 2.46. The lowest BCUT2D eigenvalue weighted by atomic mass is 10.4. The van der Waals surface area contributed by atoms with Gasteiger partial charge in [-0.25, -0.2) is 4.98 Å². The van der Waals surface area contributed by atoms with Gasteiger partial charge in [0.1, 0.15) is 6.33 Å². The molecule has 18 heavy (non-hydrogen) atoms. The van der Waals surface area contributed by atoms with Crippen LogP contribution in [-0.4, -0.2) is 24.7 Å². The van der Waals surface area contributed by atoms with Gasteiger partial charge in [0.05, 0.1) is 16.5 Å². The van der Waals surface area contributed by atoms with E-state index in [0.29, 0.717) is 5.82 Å². The molecule has 2 rings (SSSR count). The van der Waals surface area contributed by atoms with E-state index >= 15 is 0 Å². The van der Waals surface area contributed by atoms with Gasteiger partial charge in [0.15, 0.2) is 5.82 Å². The summed E-state index contributed by atoms with van der Waals surface area (Å²) in [5.74, 6) is 0.786. The van der Waals surface area contributed by atoms with E-state index in [9.17, 15) is 10.1 Å². The Bertz CT molecular complexity index is 584. The molecule has 0 aliphatic rings. The number of pyridine rings is 1. The lowest BCUT2D eigenvalue weighted by Gasteiger charge is -2.05. The van der Waals surface area contributed by atoms with Gasteiger partial charge in [-0.2, -0.15) is 0 Å². The van der Waals surface area contributed by atoms with Gasteiger partial charge >= 0.3 is 5.69 Å². The number of aromatic nitrogens is 4. The number of aryl methyl sites for hydroxylation is 1. The lowest BCUT2D eigenvalue weighted by Crippen LogP contribution is -2.08. The molecular formula is C9H9ClN6O2. The van der Waals surface area contributed by atoms with Gasteiger partial charge in [-0.1, -0.05) is 11.6 Å². The Hall–Kier alpha value is -2.22. The molecule has 0 radical (unpaired) electrons. The molecule has 0 aliphatic heterocycles. The molecule has 2 aromatic heterocycles. The van der Waals surface area contributed by atoms with E-state index in [1.807, 2.05) is 0 Å². The summed E-state index contributed by atoms with van der Waals surface area (Å²) < 4.78 is 1.70. The summed E-state index contributed by atoms with van der Waals surface area (Å²) in [6.07, 6.45) is 2.88. The molecule has 0 spiro atoms. The predicted molar refractivity (Wildman–Crippen MR) is 64.2 cm³/mol. The van der Waals surface area contributed by atoms with Crippen molar-refractivity contribution in [2.45, 2.75) is 6.54 Å². The zero-order valence-corrected chi connectivity index (χ0v) is 10.1. The summed E-state index contributed by atoms with van der Waals surface area (Å²) in [4.78, 5) is 14.2. The molecule has 0 atom stereocenters. The van der Waals surface area contributed by atoms with Gasteiger partial charge in [-0.05, 0) is 0 Å². The monoisotopic (exact) mass is 268 g/mol. The molecule has 0 unspecified atom stereocenters. The van der Waals surface area contributed by atoms with Crippen LogP contribution in [0.25, 0.3) is 0 Å². The number of nitrogens with one attached hydrogen (secondary N) is 1. The number of anilines is 1. The fraction of sp³-hybridized carbons (Fsp3) is 0.222. The second kappa shape index (κ2) is 4.96. The SMILES string of the molecule is Cn1cnnc1CNc1ncc(Cl)cc1[N+](=O)[O-]. The molecule has 1 N–H and O–H groups in total. The maximum Gasteiger partial charge on any atom is 0.312 e. The first-order valence-electron chi connectivity index (χ1n) is 4.94. The van der Waals surface area contributed by atoms with E-state index in [4.69, 9.17) is 11.6 Å². The molecule has 0 aromatic carbocycles. The van der Waals surface area contributed by atoms with Crippen molar-refractivity contribution in [2.75, 3.05) is 5.32 Å². The van der Waals surface area contributed by atoms with Gasteiger partial charge in [-0.3, -0.25) is 10.1 Å². The number of halogens is 1. The second-order valence-corrected chi connectivity index (χ2v) is 3.93. The molecule has 8 nitrogen and oxygen atoms in total. The van der Waals surface area contributed by atoms with Crippen molar-refractivity contribution < 1.29 is 4.92 Å². The minimum Gasteiger partial charge on any atom is -0.357 e. The highest BCUT2D eigenvalue weighted by molar-refractivity contribution is 6.30. The van der Waals surface area contributed by atoms with Crippen molar-refractivity contribution in [3.05, 3.63) is 39.6 Å². The molecule has 0 fully saturated rings. The first-order valence-corrected chi connectivity index (χ1v) is 5.32. The summed E-state index contributed by atoms with van der Waals surface area (Å²) in [5.41, 5.74) is -0.176. The second-order valence-electron chi connectivity index (χ2n) is 3.49. The van der Waals surface area contributed by atoms with Gasteiger partial charge in [0.2, 0.25) is 5.82 Å². The van der Waals surface area contributed by atoms with Crippen LogP contribution in [0.3, 0.4) is 0 Å². The van der Waals surface area contributed by atoms with Crippen molar-refractivity contribution in [3.63, 3.8) is 0 Å². The highest BCUT2D eigenvalue weighted by Gasteiger charge is 2.16. The Morgan fingerprint density at radius 1 is 1.61 bits per heavy atom. The van der Waals surface area contributed by atoms with Crippen molar-refractivity contribution in [2.24, 2.45) is 7.05 Å².